The number of nitrogens with one attached hydrogen (secondary N) is 1. The molecule has 0 aromatic heterocycles. The molecule has 0 saturated carbocycles. The van der Waals surface area contributed by atoms with E-state index in [1.807, 2.05) is 0 Å². The van der Waals surface area contributed by atoms with Crippen LogP contribution in [0.25, 0.3) is 0 Å². The minimum atomic E-state index is -3.63. The quantitative estimate of drug-likeness (QED) is 0.590. The highest BCUT2D eigenvalue weighted by Gasteiger charge is 2.18. The fourth-order valence-electron chi connectivity index (χ4n) is 3.05. The second-order valence-electron chi connectivity index (χ2n) is 6.48. The number of carbonyl (C=O) groups excluding carboxylic acids is 1. The molecule has 0 radical (unpaired) electrons. The van der Waals surface area contributed by atoms with Crippen molar-refractivity contribution in [1.82, 2.24) is 9.62 Å². The van der Waals surface area contributed by atoms with Gasteiger partial charge in [-0.2, -0.15) is 0 Å². The summed E-state index contributed by atoms with van der Waals surface area (Å²) in [6.07, 6.45) is 5.81. The SMILES string of the molecule is COC(=O)c1cc(S(=O)(=O)NCCCN2CCCCCC2)ccc1C. The lowest BCUT2D eigenvalue weighted by molar-refractivity contribution is 0.0599. The lowest BCUT2D eigenvalue weighted by Gasteiger charge is -2.19. The zero-order valence-corrected chi connectivity index (χ0v) is 15.9. The second-order valence-corrected chi connectivity index (χ2v) is 8.24. The van der Waals surface area contributed by atoms with E-state index in [9.17, 15) is 13.2 Å². The first-order valence-corrected chi connectivity index (χ1v) is 10.3. The van der Waals surface area contributed by atoms with Crippen LogP contribution in [0.2, 0.25) is 0 Å². The molecule has 2 rings (SSSR count). The number of benzene rings is 1. The number of nitrogens with zero attached hydrogens (tertiary/aromatic N) is 1. The van der Waals surface area contributed by atoms with E-state index in [4.69, 9.17) is 4.74 Å². The predicted octanol–water partition coefficient (Wildman–Crippen LogP) is 2.33. The molecule has 1 aromatic carbocycles. The van der Waals surface area contributed by atoms with Gasteiger partial charge in [0.1, 0.15) is 0 Å². The zero-order chi connectivity index (χ0) is 18.3. The number of aryl methyl sites for hydroxylation is 1. The number of hydrogen-bond donors (Lipinski definition) is 1. The molecule has 0 unspecified atom stereocenters. The molecule has 0 bridgehead atoms. The van der Waals surface area contributed by atoms with E-state index in [1.54, 1.807) is 13.0 Å². The minimum absolute atomic E-state index is 0.0910. The molecule has 0 spiro atoms. The molecule has 7 heteroatoms. The van der Waals surface area contributed by atoms with Gasteiger partial charge in [-0.1, -0.05) is 18.9 Å². The summed E-state index contributed by atoms with van der Waals surface area (Å²) in [4.78, 5) is 14.2. The van der Waals surface area contributed by atoms with Crippen molar-refractivity contribution in [1.29, 1.82) is 0 Å². The maximum Gasteiger partial charge on any atom is 0.338 e. The van der Waals surface area contributed by atoms with Crippen molar-refractivity contribution < 1.29 is 17.9 Å². The highest BCUT2D eigenvalue weighted by Crippen LogP contribution is 2.16. The van der Waals surface area contributed by atoms with Gasteiger partial charge in [0.05, 0.1) is 17.6 Å². The van der Waals surface area contributed by atoms with Gasteiger partial charge in [-0.15, -0.1) is 0 Å². The van der Waals surface area contributed by atoms with E-state index < -0.39 is 16.0 Å². The summed E-state index contributed by atoms with van der Waals surface area (Å²) in [5.74, 6) is -0.532. The topological polar surface area (TPSA) is 75.7 Å². The van der Waals surface area contributed by atoms with Crippen LogP contribution < -0.4 is 4.72 Å². The van der Waals surface area contributed by atoms with Crippen LogP contribution in [0.5, 0.6) is 0 Å². The molecule has 1 fully saturated rings. The van der Waals surface area contributed by atoms with Gasteiger partial charge in [0, 0.05) is 6.54 Å². The number of rotatable bonds is 7. The number of likely N-dealkylation sites (tertiary alicyclic amines) is 1. The molecular formula is C18H28N2O4S. The Morgan fingerprint density at radius 1 is 1.20 bits per heavy atom. The minimum Gasteiger partial charge on any atom is -0.465 e. The van der Waals surface area contributed by atoms with Crippen molar-refractivity contribution in [3.63, 3.8) is 0 Å². The third-order valence-corrected chi connectivity index (χ3v) is 6.03. The van der Waals surface area contributed by atoms with Crippen LogP contribution in [0.3, 0.4) is 0 Å². The van der Waals surface area contributed by atoms with Crippen LogP contribution in [0.15, 0.2) is 23.1 Å². The molecule has 1 heterocycles. The third kappa shape index (κ3) is 5.80. The van der Waals surface area contributed by atoms with E-state index in [1.165, 1.54) is 44.9 Å². The first-order valence-electron chi connectivity index (χ1n) is 8.85. The molecule has 140 valence electrons. The molecular weight excluding hydrogens is 340 g/mol. The van der Waals surface area contributed by atoms with Crippen LogP contribution in [0.1, 0.15) is 48.0 Å². The Labute approximate surface area is 150 Å². The number of sulfonamides is 1. The standard InChI is InChI=1S/C18H28N2O4S/c1-15-8-9-16(14-17(15)18(21)24-2)25(22,23)19-10-7-13-20-11-5-3-4-6-12-20/h8-9,14,19H,3-7,10-13H2,1-2H3. The number of methoxy groups -OCH3 is 1. The van der Waals surface area contributed by atoms with Crippen molar-refractivity contribution in [2.24, 2.45) is 0 Å². The van der Waals surface area contributed by atoms with Gasteiger partial charge in [-0.3, -0.25) is 0 Å². The van der Waals surface area contributed by atoms with E-state index >= 15 is 0 Å². The lowest BCUT2D eigenvalue weighted by Crippen LogP contribution is -2.30. The van der Waals surface area contributed by atoms with E-state index in [0.29, 0.717) is 12.1 Å². The van der Waals surface area contributed by atoms with Crippen molar-refractivity contribution in [3.05, 3.63) is 29.3 Å². The first-order chi connectivity index (χ1) is 11.9. The van der Waals surface area contributed by atoms with Gasteiger partial charge < -0.3 is 9.64 Å². The summed E-state index contributed by atoms with van der Waals surface area (Å²) < 4.78 is 32.2. The highest BCUT2D eigenvalue weighted by molar-refractivity contribution is 7.89. The fraction of sp³-hybridized carbons (Fsp3) is 0.611. The van der Waals surface area contributed by atoms with Gasteiger partial charge >= 0.3 is 5.97 Å². The maximum atomic E-state index is 12.4. The van der Waals surface area contributed by atoms with Gasteiger partial charge in [0.15, 0.2) is 0 Å². The Morgan fingerprint density at radius 2 is 1.88 bits per heavy atom. The predicted molar refractivity (Wildman–Crippen MR) is 97.2 cm³/mol. The van der Waals surface area contributed by atoms with Crippen molar-refractivity contribution >= 4 is 16.0 Å². The molecule has 0 atom stereocenters. The fourth-order valence-corrected chi connectivity index (χ4v) is 4.15. The Kier molecular flexibility index (Phi) is 7.40. The molecule has 1 N–H and O–H groups in total. The summed E-state index contributed by atoms with van der Waals surface area (Å²) in [6, 6.07) is 4.51. The monoisotopic (exact) mass is 368 g/mol. The van der Waals surface area contributed by atoms with Gasteiger partial charge in [-0.05, 0) is 63.5 Å². The molecule has 6 nitrogen and oxygen atoms in total. The number of ether oxygens (including phenoxy) is 1. The molecule has 0 amide bonds. The summed E-state index contributed by atoms with van der Waals surface area (Å²) in [6.45, 7) is 5.25. The van der Waals surface area contributed by atoms with Crippen LogP contribution in [-0.4, -0.2) is 52.6 Å². The van der Waals surface area contributed by atoms with Crippen LogP contribution in [0, 0.1) is 6.92 Å². The van der Waals surface area contributed by atoms with Crippen molar-refractivity contribution in [3.8, 4) is 0 Å². The van der Waals surface area contributed by atoms with Crippen LogP contribution in [0.4, 0.5) is 0 Å². The summed E-state index contributed by atoms with van der Waals surface area (Å²) >= 11 is 0. The van der Waals surface area contributed by atoms with Gasteiger partial charge in [0.2, 0.25) is 10.0 Å². The summed E-state index contributed by atoms with van der Waals surface area (Å²) in [7, 11) is -2.35. The molecule has 25 heavy (non-hydrogen) atoms. The van der Waals surface area contributed by atoms with Crippen LogP contribution >= 0.6 is 0 Å². The average molecular weight is 368 g/mol. The Bertz CT molecular complexity index is 680. The normalized spacial score (nSPS) is 16.4. The van der Waals surface area contributed by atoms with Crippen molar-refractivity contribution in [2.75, 3.05) is 33.3 Å². The third-order valence-electron chi connectivity index (χ3n) is 4.57. The molecule has 1 aliphatic heterocycles. The van der Waals surface area contributed by atoms with Gasteiger partial charge in [-0.25, -0.2) is 17.9 Å². The zero-order valence-electron chi connectivity index (χ0n) is 15.1. The first kappa shape index (κ1) is 19.9. The highest BCUT2D eigenvalue weighted by atomic mass is 32.2. The maximum absolute atomic E-state index is 12.4. The smallest absolute Gasteiger partial charge is 0.338 e. The number of esters is 1. The van der Waals surface area contributed by atoms with E-state index in [0.717, 1.165) is 26.1 Å². The summed E-state index contributed by atoms with van der Waals surface area (Å²) in [5, 5.41) is 0. The summed E-state index contributed by atoms with van der Waals surface area (Å²) in [5.41, 5.74) is 0.960. The second kappa shape index (κ2) is 9.31. The Balaban J connectivity index is 1.91. The van der Waals surface area contributed by atoms with Crippen molar-refractivity contribution in [2.45, 2.75) is 43.9 Å². The lowest BCUT2D eigenvalue weighted by atomic mass is 10.1. The number of hydrogen-bond acceptors (Lipinski definition) is 5. The van der Waals surface area contributed by atoms with E-state index in [-0.39, 0.29) is 10.5 Å². The molecule has 1 aromatic rings. The van der Waals surface area contributed by atoms with E-state index in [2.05, 4.69) is 9.62 Å². The van der Waals surface area contributed by atoms with Gasteiger partial charge in [0.25, 0.3) is 0 Å². The molecule has 1 saturated heterocycles. The average Bonchev–Trinajstić information content (AvgIpc) is 2.87. The largest absolute Gasteiger partial charge is 0.465 e. The Morgan fingerprint density at radius 3 is 2.52 bits per heavy atom. The number of carbonyl (C=O) groups is 1. The molecule has 1 aliphatic rings. The van der Waals surface area contributed by atoms with Crippen LogP contribution in [-0.2, 0) is 14.8 Å². The Hall–Kier alpha value is -1.44. The molecule has 0 aliphatic carbocycles.